The fraction of sp³-hybridized carbons (Fsp3) is 0.529. The number of anilines is 1. The summed E-state index contributed by atoms with van der Waals surface area (Å²) in [6.07, 6.45) is 3.88. The van der Waals surface area contributed by atoms with Gasteiger partial charge in [0.2, 0.25) is 11.8 Å². The topological polar surface area (TPSA) is 76.7 Å². The molecule has 1 aromatic rings. The van der Waals surface area contributed by atoms with E-state index in [4.69, 9.17) is 9.47 Å². The van der Waals surface area contributed by atoms with Crippen molar-refractivity contribution in [1.82, 2.24) is 5.32 Å². The van der Waals surface area contributed by atoms with Crippen LogP contribution in [0.25, 0.3) is 0 Å². The number of ether oxygens (including phenoxy) is 2. The summed E-state index contributed by atoms with van der Waals surface area (Å²) in [6, 6.07) is 7.21. The van der Waals surface area contributed by atoms with E-state index in [-0.39, 0.29) is 30.8 Å². The second kappa shape index (κ2) is 9.15. The van der Waals surface area contributed by atoms with Gasteiger partial charge in [0, 0.05) is 32.2 Å². The van der Waals surface area contributed by atoms with E-state index in [2.05, 4.69) is 10.6 Å². The number of benzene rings is 1. The van der Waals surface area contributed by atoms with Gasteiger partial charge >= 0.3 is 0 Å². The molecule has 2 amide bonds. The maximum atomic E-state index is 11.7. The Hall–Kier alpha value is -2.08. The highest BCUT2D eigenvalue weighted by Gasteiger charge is 2.14. The first kappa shape index (κ1) is 17.3. The Morgan fingerprint density at radius 1 is 1.17 bits per heavy atom. The van der Waals surface area contributed by atoms with Crippen molar-refractivity contribution < 1.29 is 19.1 Å². The van der Waals surface area contributed by atoms with Crippen LogP contribution in [0.2, 0.25) is 0 Å². The molecule has 126 valence electrons. The van der Waals surface area contributed by atoms with Crippen LogP contribution in [0.3, 0.4) is 0 Å². The predicted molar refractivity (Wildman–Crippen MR) is 87.5 cm³/mol. The van der Waals surface area contributed by atoms with Crippen LogP contribution >= 0.6 is 0 Å². The molecule has 1 aliphatic rings. The van der Waals surface area contributed by atoms with Crippen LogP contribution in [0.4, 0.5) is 5.69 Å². The predicted octanol–water partition coefficient (Wildman–Crippen LogP) is 2.10. The highest BCUT2D eigenvalue weighted by Crippen LogP contribution is 2.18. The van der Waals surface area contributed by atoms with E-state index in [9.17, 15) is 9.59 Å². The van der Waals surface area contributed by atoms with E-state index in [1.165, 1.54) is 6.42 Å². The van der Waals surface area contributed by atoms with E-state index in [1.807, 2.05) is 12.1 Å². The van der Waals surface area contributed by atoms with Crippen molar-refractivity contribution in [2.24, 2.45) is 0 Å². The molecule has 2 N–H and O–H groups in total. The molecule has 1 heterocycles. The van der Waals surface area contributed by atoms with E-state index in [1.54, 1.807) is 19.2 Å². The van der Waals surface area contributed by atoms with Crippen LogP contribution in [0.1, 0.15) is 32.1 Å². The lowest BCUT2D eigenvalue weighted by Crippen LogP contribution is -2.25. The van der Waals surface area contributed by atoms with Crippen molar-refractivity contribution >= 4 is 17.5 Å². The molecule has 1 fully saturated rings. The van der Waals surface area contributed by atoms with E-state index in [0.29, 0.717) is 12.3 Å². The van der Waals surface area contributed by atoms with Crippen molar-refractivity contribution in [1.29, 1.82) is 0 Å². The van der Waals surface area contributed by atoms with Gasteiger partial charge in [0.25, 0.3) is 0 Å². The van der Waals surface area contributed by atoms with Crippen molar-refractivity contribution in [3.63, 3.8) is 0 Å². The largest absolute Gasteiger partial charge is 0.491 e. The molecule has 0 spiro atoms. The van der Waals surface area contributed by atoms with Crippen LogP contribution in [-0.4, -0.2) is 38.2 Å². The van der Waals surface area contributed by atoms with Gasteiger partial charge in [0.05, 0.1) is 6.10 Å². The van der Waals surface area contributed by atoms with Gasteiger partial charge in [0.1, 0.15) is 12.4 Å². The zero-order chi connectivity index (χ0) is 16.5. The minimum Gasteiger partial charge on any atom is -0.491 e. The van der Waals surface area contributed by atoms with Gasteiger partial charge in [-0.15, -0.1) is 0 Å². The Labute approximate surface area is 136 Å². The molecule has 1 saturated heterocycles. The van der Waals surface area contributed by atoms with Gasteiger partial charge in [-0.25, -0.2) is 0 Å². The Bertz CT molecular complexity index is 510. The van der Waals surface area contributed by atoms with Crippen LogP contribution < -0.4 is 15.4 Å². The molecule has 2 rings (SSSR count). The average molecular weight is 320 g/mol. The van der Waals surface area contributed by atoms with Gasteiger partial charge < -0.3 is 20.1 Å². The number of amides is 2. The number of hydrogen-bond acceptors (Lipinski definition) is 4. The molecule has 1 atom stereocenters. The van der Waals surface area contributed by atoms with Crippen molar-refractivity contribution in [2.75, 3.05) is 25.6 Å². The Morgan fingerprint density at radius 2 is 1.91 bits per heavy atom. The maximum absolute atomic E-state index is 11.7. The molecule has 1 aromatic carbocycles. The molecular weight excluding hydrogens is 296 g/mol. The highest BCUT2D eigenvalue weighted by molar-refractivity contribution is 5.93. The SMILES string of the molecule is CNC(=O)CCC(=O)Nc1ccc(OCC2CCCCO2)cc1. The molecule has 0 aliphatic carbocycles. The Morgan fingerprint density at radius 3 is 2.57 bits per heavy atom. The van der Waals surface area contributed by atoms with Gasteiger partial charge in [-0.05, 0) is 43.5 Å². The summed E-state index contributed by atoms with van der Waals surface area (Å²) in [4.78, 5) is 22.8. The van der Waals surface area contributed by atoms with Gasteiger partial charge in [-0.3, -0.25) is 9.59 Å². The van der Waals surface area contributed by atoms with Gasteiger partial charge in [-0.2, -0.15) is 0 Å². The summed E-state index contributed by atoms with van der Waals surface area (Å²) >= 11 is 0. The highest BCUT2D eigenvalue weighted by atomic mass is 16.5. The van der Waals surface area contributed by atoms with Crippen molar-refractivity contribution in [3.8, 4) is 5.75 Å². The number of carbonyl (C=O) groups is 2. The summed E-state index contributed by atoms with van der Waals surface area (Å²) in [5.41, 5.74) is 0.688. The van der Waals surface area contributed by atoms with E-state index in [0.717, 1.165) is 25.2 Å². The van der Waals surface area contributed by atoms with Crippen LogP contribution in [0.5, 0.6) is 5.75 Å². The van der Waals surface area contributed by atoms with E-state index >= 15 is 0 Å². The lowest BCUT2D eigenvalue weighted by Gasteiger charge is -2.22. The number of rotatable bonds is 7. The first-order chi connectivity index (χ1) is 11.2. The lowest BCUT2D eigenvalue weighted by molar-refractivity contribution is -0.124. The first-order valence-electron chi connectivity index (χ1n) is 8.02. The van der Waals surface area contributed by atoms with E-state index < -0.39 is 0 Å². The molecule has 1 aliphatic heterocycles. The quantitative estimate of drug-likeness (QED) is 0.806. The smallest absolute Gasteiger partial charge is 0.224 e. The Balaban J connectivity index is 1.73. The number of nitrogens with one attached hydrogen (secondary N) is 2. The molecule has 1 unspecified atom stereocenters. The lowest BCUT2D eigenvalue weighted by atomic mass is 10.1. The minimum atomic E-state index is -0.183. The Kier molecular flexibility index (Phi) is 6.87. The summed E-state index contributed by atoms with van der Waals surface area (Å²) in [7, 11) is 1.55. The maximum Gasteiger partial charge on any atom is 0.224 e. The molecule has 6 heteroatoms. The molecule has 0 aromatic heterocycles. The molecule has 0 saturated carbocycles. The third-order valence-corrected chi connectivity index (χ3v) is 3.71. The monoisotopic (exact) mass is 320 g/mol. The summed E-state index contributed by atoms with van der Waals surface area (Å²) in [5, 5.41) is 5.24. The fourth-order valence-electron chi connectivity index (χ4n) is 2.34. The average Bonchev–Trinajstić information content (AvgIpc) is 2.60. The fourth-order valence-corrected chi connectivity index (χ4v) is 2.34. The third-order valence-electron chi connectivity index (χ3n) is 3.71. The first-order valence-corrected chi connectivity index (χ1v) is 8.02. The molecular formula is C17H24N2O4. The molecule has 0 bridgehead atoms. The zero-order valence-corrected chi connectivity index (χ0v) is 13.5. The second-order valence-electron chi connectivity index (χ2n) is 5.55. The summed E-state index contributed by atoms with van der Waals surface area (Å²) < 4.78 is 11.3. The van der Waals surface area contributed by atoms with Crippen LogP contribution in [0, 0.1) is 0 Å². The summed E-state index contributed by atoms with van der Waals surface area (Å²) in [6.45, 7) is 1.37. The standard InChI is InChI=1S/C17H24N2O4/c1-18-16(20)9-10-17(21)19-13-5-7-14(8-6-13)23-12-15-4-2-3-11-22-15/h5-8,15H,2-4,9-12H2,1H3,(H,18,20)(H,19,21). The number of hydrogen-bond donors (Lipinski definition) is 2. The van der Waals surface area contributed by atoms with Crippen molar-refractivity contribution in [3.05, 3.63) is 24.3 Å². The number of carbonyl (C=O) groups excluding carboxylic acids is 2. The molecule has 6 nitrogen and oxygen atoms in total. The summed E-state index contributed by atoms with van der Waals surface area (Å²) in [5.74, 6) is 0.425. The normalized spacial score (nSPS) is 17.3. The second-order valence-corrected chi connectivity index (χ2v) is 5.55. The van der Waals surface area contributed by atoms with Crippen molar-refractivity contribution in [2.45, 2.75) is 38.2 Å². The third kappa shape index (κ3) is 6.28. The van der Waals surface area contributed by atoms with Gasteiger partial charge in [0.15, 0.2) is 0 Å². The van der Waals surface area contributed by atoms with Crippen LogP contribution in [0.15, 0.2) is 24.3 Å². The molecule has 0 radical (unpaired) electrons. The van der Waals surface area contributed by atoms with Crippen LogP contribution in [-0.2, 0) is 14.3 Å². The molecule has 23 heavy (non-hydrogen) atoms. The minimum absolute atomic E-state index is 0.145. The zero-order valence-electron chi connectivity index (χ0n) is 13.5. The van der Waals surface area contributed by atoms with Gasteiger partial charge in [-0.1, -0.05) is 0 Å².